The summed E-state index contributed by atoms with van der Waals surface area (Å²) in [6.45, 7) is 0. The molecule has 0 saturated carbocycles. The maximum Gasteiger partial charge on any atom is 0.0462 e. The van der Waals surface area contributed by atoms with Crippen molar-refractivity contribution in [1.82, 2.24) is 0 Å². The average Bonchev–Trinajstić information content (AvgIpc) is 3.28. The maximum absolute atomic E-state index is 2.48. The zero-order valence-corrected chi connectivity index (χ0v) is 31.0. The number of benzene rings is 8. The van der Waals surface area contributed by atoms with Crippen LogP contribution in [0.4, 0.5) is 34.1 Å². The fourth-order valence-corrected chi connectivity index (χ4v) is 8.62. The van der Waals surface area contributed by atoms with Crippen molar-refractivity contribution in [2.75, 3.05) is 9.80 Å². The van der Waals surface area contributed by atoms with Crippen molar-refractivity contribution in [3.8, 4) is 11.1 Å². The third kappa shape index (κ3) is 6.12. The molecule has 2 nitrogen and oxygen atoms in total. The van der Waals surface area contributed by atoms with E-state index in [1.807, 2.05) is 0 Å². The number of anilines is 6. The van der Waals surface area contributed by atoms with E-state index < -0.39 is 0 Å². The fraction of sp³-hybridized carbons (Fsp3) is 0.0370. The predicted octanol–water partition coefficient (Wildman–Crippen LogP) is 14.7. The van der Waals surface area contributed by atoms with E-state index in [0.717, 1.165) is 40.5 Å². The van der Waals surface area contributed by atoms with Gasteiger partial charge in [0, 0.05) is 40.0 Å². The van der Waals surface area contributed by atoms with Crippen LogP contribution in [0.2, 0.25) is 0 Å². The van der Waals surface area contributed by atoms with Gasteiger partial charge in [0.25, 0.3) is 0 Å². The zero-order chi connectivity index (χ0) is 37.3. The summed E-state index contributed by atoms with van der Waals surface area (Å²) in [5, 5.41) is 2.62. The van der Waals surface area contributed by atoms with Gasteiger partial charge in [-0.15, -0.1) is 0 Å². The van der Waals surface area contributed by atoms with E-state index in [9.17, 15) is 0 Å². The van der Waals surface area contributed by atoms with Crippen LogP contribution < -0.4 is 9.80 Å². The van der Waals surface area contributed by atoms with Crippen LogP contribution in [0, 0.1) is 0 Å². The fourth-order valence-electron chi connectivity index (χ4n) is 8.62. The Morgan fingerprint density at radius 2 is 0.821 bits per heavy atom. The smallest absolute Gasteiger partial charge is 0.0462 e. The van der Waals surface area contributed by atoms with Crippen LogP contribution in [0.3, 0.4) is 0 Å². The van der Waals surface area contributed by atoms with Gasteiger partial charge in [0.15, 0.2) is 0 Å². The van der Waals surface area contributed by atoms with Gasteiger partial charge in [0.05, 0.1) is 0 Å². The van der Waals surface area contributed by atoms with Crippen LogP contribution in [0.1, 0.15) is 22.6 Å². The Morgan fingerprint density at radius 3 is 1.32 bits per heavy atom. The van der Waals surface area contributed by atoms with Crippen LogP contribution in [0.15, 0.2) is 230 Å². The normalized spacial score (nSPS) is 14.3. The molecule has 8 aromatic carbocycles. The number of nitrogens with zero attached hydrogens (tertiary/aromatic N) is 2. The number of fused-ring (bicyclic) bond motifs is 5. The van der Waals surface area contributed by atoms with Gasteiger partial charge in [0.2, 0.25) is 0 Å². The lowest BCUT2D eigenvalue weighted by Crippen LogP contribution is -2.15. The molecule has 2 heteroatoms. The van der Waals surface area contributed by atoms with E-state index in [0.29, 0.717) is 0 Å². The predicted molar refractivity (Wildman–Crippen MR) is 237 cm³/mol. The molecule has 1 unspecified atom stereocenters. The molecule has 8 aromatic rings. The Morgan fingerprint density at radius 1 is 0.393 bits per heavy atom. The van der Waals surface area contributed by atoms with Crippen LogP contribution in [-0.2, 0) is 6.42 Å². The lowest BCUT2D eigenvalue weighted by molar-refractivity contribution is 0.956. The molecule has 0 heterocycles. The van der Waals surface area contributed by atoms with E-state index in [1.54, 1.807) is 0 Å². The number of rotatable bonds is 8. The molecule has 2 aliphatic carbocycles. The van der Waals surface area contributed by atoms with Crippen molar-refractivity contribution in [2.24, 2.45) is 0 Å². The van der Waals surface area contributed by atoms with Crippen molar-refractivity contribution < 1.29 is 0 Å². The molecule has 0 aliphatic heterocycles. The third-order valence-corrected chi connectivity index (χ3v) is 11.2. The van der Waals surface area contributed by atoms with Crippen molar-refractivity contribution in [2.45, 2.75) is 12.3 Å². The molecule has 0 amide bonds. The molecule has 56 heavy (non-hydrogen) atoms. The van der Waals surface area contributed by atoms with Crippen LogP contribution >= 0.6 is 0 Å². The van der Waals surface area contributed by atoms with Crippen LogP contribution in [0.5, 0.6) is 0 Å². The average molecular weight is 717 g/mol. The van der Waals surface area contributed by atoms with E-state index in [1.165, 1.54) is 49.7 Å². The van der Waals surface area contributed by atoms with Gasteiger partial charge in [-0.3, -0.25) is 0 Å². The molecule has 0 spiro atoms. The summed E-state index contributed by atoms with van der Waals surface area (Å²) < 4.78 is 0. The summed E-state index contributed by atoms with van der Waals surface area (Å²) in [6.07, 6.45) is 10.0. The minimum absolute atomic E-state index is 0.179. The molecular weight excluding hydrogens is 677 g/mol. The number of allylic oxidation sites excluding steroid dienone is 6. The van der Waals surface area contributed by atoms with Crippen molar-refractivity contribution in [1.29, 1.82) is 0 Å². The van der Waals surface area contributed by atoms with E-state index >= 15 is 0 Å². The quantitative estimate of drug-likeness (QED) is 0.154. The van der Waals surface area contributed by atoms with Gasteiger partial charge < -0.3 is 9.80 Å². The highest BCUT2D eigenvalue weighted by atomic mass is 15.1. The van der Waals surface area contributed by atoms with Gasteiger partial charge in [-0.2, -0.15) is 0 Å². The summed E-state index contributed by atoms with van der Waals surface area (Å²) in [5.74, 6) is 0.179. The first-order valence-corrected chi connectivity index (χ1v) is 19.4. The molecule has 2 aliphatic rings. The third-order valence-electron chi connectivity index (χ3n) is 11.2. The van der Waals surface area contributed by atoms with Crippen molar-refractivity contribution in [3.63, 3.8) is 0 Å². The highest BCUT2D eigenvalue weighted by Gasteiger charge is 2.29. The molecule has 0 fully saturated rings. The standard InChI is InChI=1S/C54H40N2/c1-5-17-41(18-6-1)55(42-19-7-2-8-20-42)45-33-29-39(30-34-45)51-37-53-50-28-16-14-26-48(50)52(38-54(53)49-27-15-13-25-47(49)51)40-31-35-46(36-32-40)56(43-21-9-3-10-22-43)44-23-11-4-12-24-44/h1-37,50H,38H2. The van der Waals surface area contributed by atoms with E-state index in [4.69, 9.17) is 0 Å². The first-order chi connectivity index (χ1) is 27.8. The molecule has 0 saturated heterocycles. The molecule has 1 atom stereocenters. The van der Waals surface area contributed by atoms with E-state index in [-0.39, 0.29) is 5.92 Å². The maximum atomic E-state index is 2.48. The SMILES string of the molecule is C1=CC2=C(c3ccc(N(c4ccccc4)c4ccccc4)cc3)Cc3c(cc(-c4ccc(N(c5ccccc5)c5ccccc5)cc4)c4ccccc34)C2C=C1. The molecule has 0 bridgehead atoms. The second-order valence-electron chi connectivity index (χ2n) is 14.5. The summed E-state index contributed by atoms with van der Waals surface area (Å²) in [5.41, 5.74) is 16.2. The lowest BCUT2D eigenvalue weighted by Gasteiger charge is -2.32. The molecule has 0 aromatic heterocycles. The van der Waals surface area contributed by atoms with E-state index in [2.05, 4.69) is 234 Å². The first-order valence-electron chi connectivity index (χ1n) is 19.4. The van der Waals surface area contributed by atoms with Gasteiger partial charge in [0.1, 0.15) is 0 Å². The van der Waals surface area contributed by atoms with Gasteiger partial charge in [-0.25, -0.2) is 0 Å². The van der Waals surface area contributed by atoms with Crippen molar-refractivity contribution >= 4 is 50.5 Å². The Hall–Kier alpha value is -7.16. The number of hydrogen-bond donors (Lipinski definition) is 0. The summed E-state index contributed by atoms with van der Waals surface area (Å²) in [4.78, 5) is 4.64. The first kappa shape index (κ1) is 33.4. The van der Waals surface area contributed by atoms with Gasteiger partial charge >= 0.3 is 0 Å². The van der Waals surface area contributed by atoms with Crippen LogP contribution in [0.25, 0.3) is 27.5 Å². The van der Waals surface area contributed by atoms with Gasteiger partial charge in [-0.05, 0) is 135 Å². The number of hydrogen-bond acceptors (Lipinski definition) is 2. The molecule has 266 valence electrons. The summed E-state index contributed by atoms with van der Waals surface area (Å²) >= 11 is 0. The zero-order valence-electron chi connectivity index (χ0n) is 31.0. The summed E-state index contributed by atoms with van der Waals surface area (Å²) in [7, 11) is 0. The Bertz CT molecular complexity index is 2650. The lowest BCUT2D eigenvalue weighted by atomic mass is 9.72. The highest BCUT2D eigenvalue weighted by molar-refractivity contribution is 6.02. The Kier molecular flexibility index (Phi) is 8.70. The van der Waals surface area contributed by atoms with Crippen LogP contribution in [-0.4, -0.2) is 0 Å². The van der Waals surface area contributed by atoms with Crippen molar-refractivity contribution in [3.05, 3.63) is 247 Å². The monoisotopic (exact) mass is 716 g/mol. The minimum Gasteiger partial charge on any atom is -0.311 e. The second-order valence-corrected chi connectivity index (χ2v) is 14.5. The molecule has 10 rings (SSSR count). The molecule has 0 radical (unpaired) electrons. The topological polar surface area (TPSA) is 6.48 Å². The minimum atomic E-state index is 0.179. The summed E-state index contributed by atoms with van der Waals surface area (Å²) in [6, 6.07) is 72.2. The largest absolute Gasteiger partial charge is 0.311 e. The number of para-hydroxylation sites is 4. The Balaban J connectivity index is 1.04. The Labute approximate surface area is 329 Å². The highest BCUT2D eigenvalue weighted by Crippen LogP contribution is 2.48. The second kappa shape index (κ2) is 14.6. The molecule has 0 N–H and O–H groups in total. The molecular formula is C54H40N2. The van der Waals surface area contributed by atoms with Gasteiger partial charge in [-0.1, -0.05) is 146 Å².